The quantitative estimate of drug-likeness (QED) is 0.678. The molecule has 1 amide bonds. The molecule has 130 valence electrons. The van der Waals surface area contributed by atoms with Gasteiger partial charge in [0.2, 0.25) is 0 Å². The Balaban J connectivity index is 2.15. The van der Waals surface area contributed by atoms with Crippen LogP contribution in [0.2, 0.25) is 0 Å². The van der Waals surface area contributed by atoms with E-state index in [9.17, 15) is 4.79 Å². The van der Waals surface area contributed by atoms with Crippen LogP contribution in [-0.4, -0.2) is 22.0 Å². The van der Waals surface area contributed by atoms with E-state index in [1.165, 1.54) is 0 Å². The van der Waals surface area contributed by atoms with Crippen molar-refractivity contribution in [3.05, 3.63) is 59.4 Å². The molecule has 0 atom stereocenters. The van der Waals surface area contributed by atoms with Crippen molar-refractivity contribution in [2.45, 2.75) is 33.2 Å². The maximum absolute atomic E-state index is 12.7. The highest BCUT2D eigenvalue weighted by Crippen LogP contribution is 2.28. The van der Waals surface area contributed by atoms with Crippen LogP contribution < -0.4 is 11.1 Å². The van der Waals surface area contributed by atoms with Crippen molar-refractivity contribution in [1.82, 2.24) is 14.9 Å². The fourth-order valence-electron chi connectivity index (χ4n) is 3.09. The number of nitrogens with zero attached hydrogens (tertiary/aromatic N) is 2. The minimum Gasteiger partial charge on any atom is -0.352 e. The maximum Gasteiger partial charge on any atom is 0.253 e. The molecule has 0 aliphatic rings. The molecule has 0 radical (unpaired) electrons. The van der Waals surface area contributed by atoms with Gasteiger partial charge < -0.3 is 15.6 Å². The lowest BCUT2D eigenvalue weighted by atomic mass is 10.1. The molecule has 0 spiro atoms. The average Bonchev–Trinajstić information content (AvgIpc) is 3.03. The number of aromatic nitrogens is 2. The van der Waals surface area contributed by atoms with Gasteiger partial charge in [-0.15, -0.1) is 0 Å². The number of pyridine rings is 1. The number of unbranched alkanes of at least 4 members (excludes halogenated alkanes) is 1. The normalized spacial score (nSPS) is 11.0. The van der Waals surface area contributed by atoms with E-state index in [2.05, 4.69) is 17.2 Å². The molecule has 5 nitrogen and oxygen atoms in total. The molecule has 2 heterocycles. The minimum atomic E-state index is -0.0447. The molecule has 0 saturated carbocycles. The van der Waals surface area contributed by atoms with Gasteiger partial charge in [0.25, 0.3) is 5.91 Å². The number of aryl methyl sites for hydroxylation is 1. The van der Waals surface area contributed by atoms with Crippen LogP contribution in [0.5, 0.6) is 0 Å². The highest BCUT2D eigenvalue weighted by atomic mass is 16.1. The first-order valence-corrected chi connectivity index (χ1v) is 8.70. The third kappa shape index (κ3) is 3.28. The van der Waals surface area contributed by atoms with Crippen molar-refractivity contribution in [2.75, 3.05) is 6.54 Å². The summed E-state index contributed by atoms with van der Waals surface area (Å²) in [6.07, 6.45) is 5.65. The van der Waals surface area contributed by atoms with Crippen LogP contribution in [0.15, 0.2) is 42.7 Å². The summed E-state index contributed by atoms with van der Waals surface area (Å²) in [7, 11) is 0. The van der Waals surface area contributed by atoms with E-state index in [0.29, 0.717) is 18.7 Å². The van der Waals surface area contributed by atoms with Crippen molar-refractivity contribution < 1.29 is 4.79 Å². The van der Waals surface area contributed by atoms with Gasteiger partial charge in [-0.2, -0.15) is 0 Å². The van der Waals surface area contributed by atoms with Gasteiger partial charge in [0.05, 0.1) is 11.1 Å². The maximum atomic E-state index is 12.7. The highest BCUT2D eigenvalue weighted by molar-refractivity contribution is 6.08. The number of rotatable bonds is 6. The molecule has 1 aromatic carbocycles. The fraction of sp³-hybridized carbons (Fsp3) is 0.300. The number of fused-ring (bicyclic) bond motifs is 1. The number of amides is 1. The number of nitrogens with two attached hydrogens (primary N) is 1. The summed E-state index contributed by atoms with van der Waals surface area (Å²) in [5.74, 6) is 0.727. The van der Waals surface area contributed by atoms with Crippen LogP contribution in [0.25, 0.3) is 16.7 Å². The summed E-state index contributed by atoms with van der Waals surface area (Å²) >= 11 is 0. The third-order valence-corrected chi connectivity index (χ3v) is 4.41. The summed E-state index contributed by atoms with van der Waals surface area (Å²) in [6, 6.07) is 9.88. The molecule has 25 heavy (non-hydrogen) atoms. The topological polar surface area (TPSA) is 72.9 Å². The highest BCUT2D eigenvalue weighted by Gasteiger charge is 2.18. The molecular formula is C20H24N4O. The fourth-order valence-corrected chi connectivity index (χ4v) is 3.09. The molecule has 0 fully saturated rings. The summed E-state index contributed by atoms with van der Waals surface area (Å²) in [6.45, 7) is 5.22. The first-order chi connectivity index (χ1) is 12.2. The monoisotopic (exact) mass is 336 g/mol. The van der Waals surface area contributed by atoms with E-state index in [0.717, 1.165) is 40.7 Å². The third-order valence-electron chi connectivity index (χ3n) is 4.41. The van der Waals surface area contributed by atoms with Gasteiger partial charge in [0.15, 0.2) is 0 Å². The second-order valence-electron chi connectivity index (χ2n) is 6.18. The van der Waals surface area contributed by atoms with E-state index in [1.807, 2.05) is 48.0 Å². The number of hydrogen-bond donors (Lipinski definition) is 2. The molecule has 2 aromatic heterocycles. The van der Waals surface area contributed by atoms with Crippen molar-refractivity contribution in [2.24, 2.45) is 5.73 Å². The van der Waals surface area contributed by atoms with Gasteiger partial charge in [-0.1, -0.05) is 31.5 Å². The van der Waals surface area contributed by atoms with Crippen LogP contribution >= 0.6 is 0 Å². The largest absolute Gasteiger partial charge is 0.352 e. The molecule has 3 aromatic rings. The van der Waals surface area contributed by atoms with Crippen molar-refractivity contribution in [3.8, 4) is 5.82 Å². The zero-order chi connectivity index (χ0) is 17.8. The average molecular weight is 336 g/mol. The SMILES string of the molecule is CCCCNC(=O)c1cn(-c2ncccc2CN)c2cccc(C)c12. The summed E-state index contributed by atoms with van der Waals surface area (Å²) in [5, 5.41) is 3.98. The molecule has 3 rings (SSSR count). The predicted octanol–water partition coefficient (Wildman–Crippen LogP) is 3.32. The van der Waals surface area contributed by atoms with Crippen molar-refractivity contribution in [1.29, 1.82) is 0 Å². The predicted molar refractivity (Wildman–Crippen MR) is 101 cm³/mol. The molecule has 0 aliphatic carbocycles. The van der Waals surface area contributed by atoms with Crippen LogP contribution in [-0.2, 0) is 6.54 Å². The smallest absolute Gasteiger partial charge is 0.253 e. The Morgan fingerprint density at radius 1 is 1.28 bits per heavy atom. The molecular weight excluding hydrogens is 312 g/mol. The van der Waals surface area contributed by atoms with Gasteiger partial charge in [-0.3, -0.25) is 4.79 Å². The van der Waals surface area contributed by atoms with E-state index in [-0.39, 0.29) is 5.91 Å². The Labute approximate surface area is 147 Å². The lowest BCUT2D eigenvalue weighted by molar-refractivity contribution is 0.0954. The summed E-state index contributed by atoms with van der Waals surface area (Å²) < 4.78 is 1.97. The van der Waals surface area contributed by atoms with Crippen LogP contribution in [0.4, 0.5) is 0 Å². The Bertz CT molecular complexity index is 898. The molecule has 0 unspecified atom stereocenters. The van der Waals surface area contributed by atoms with Gasteiger partial charge in [-0.25, -0.2) is 4.98 Å². The zero-order valence-electron chi connectivity index (χ0n) is 14.7. The molecule has 5 heteroatoms. The second kappa shape index (κ2) is 7.49. The lowest BCUT2D eigenvalue weighted by Crippen LogP contribution is -2.24. The Morgan fingerprint density at radius 2 is 2.12 bits per heavy atom. The zero-order valence-corrected chi connectivity index (χ0v) is 14.7. The molecule has 0 bridgehead atoms. The van der Waals surface area contributed by atoms with E-state index >= 15 is 0 Å². The van der Waals surface area contributed by atoms with E-state index in [1.54, 1.807) is 6.20 Å². The molecule has 0 aliphatic heterocycles. The van der Waals surface area contributed by atoms with E-state index < -0.39 is 0 Å². The minimum absolute atomic E-state index is 0.0447. The van der Waals surface area contributed by atoms with Gasteiger partial charge in [0, 0.05) is 36.4 Å². The Hall–Kier alpha value is -2.66. The number of hydrogen-bond acceptors (Lipinski definition) is 3. The summed E-state index contributed by atoms with van der Waals surface area (Å²) in [4.78, 5) is 17.2. The first kappa shape index (κ1) is 17.2. The first-order valence-electron chi connectivity index (χ1n) is 8.70. The van der Waals surface area contributed by atoms with Crippen LogP contribution in [0, 0.1) is 6.92 Å². The molecule has 0 saturated heterocycles. The standard InChI is InChI=1S/C20H24N4O/c1-3-4-10-23-20(25)16-13-24(17-9-5-7-14(2)18(16)17)19-15(12-21)8-6-11-22-19/h5-9,11,13H,3-4,10,12,21H2,1-2H3,(H,23,25). The van der Waals surface area contributed by atoms with E-state index in [4.69, 9.17) is 5.73 Å². The summed E-state index contributed by atoms with van der Waals surface area (Å²) in [5.41, 5.74) is 9.54. The number of carbonyl (C=O) groups is 1. The van der Waals surface area contributed by atoms with Crippen molar-refractivity contribution >= 4 is 16.8 Å². The Kier molecular flexibility index (Phi) is 5.14. The van der Waals surface area contributed by atoms with Crippen LogP contribution in [0.1, 0.15) is 41.3 Å². The van der Waals surface area contributed by atoms with Crippen molar-refractivity contribution in [3.63, 3.8) is 0 Å². The molecule has 3 N–H and O–H groups in total. The lowest BCUT2D eigenvalue weighted by Gasteiger charge is -2.09. The Morgan fingerprint density at radius 3 is 2.88 bits per heavy atom. The van der Waals surface area contributed by atoms with Gasteiger partial charge in [0.1, 0.15) is 5.82 Å². The van der Waals surface area contributed by atoms with Crippen LogP contribution in [0.3, 0.4) is 0 Å². The number of carbonyl (C=O) groups excluding carboxylic acids is 1. The number of benzene rings is 1. The van der Waals surface area contributed by atoms with Gasteiger partial charge in [-0.05, 0) is 31.0 Å². The second-order valence-corrected chi connectivity index (χ2v) is 6.18. The number of nitrogens with one attached hydrogen (secondary N) is 1. The van der Waals surface area contributed by atoms with Gasteiger partial charge >= 0.3 is 0 Å².